The fourth-order valence-electron chi connectivity index (χ4n) is 3.08. The summed E-state index contributed by atoms with van der Waals surface area (Å²) in [4.78, 5) is 31.1. The van der Waals surface area contributed by atoms with Gasteiger partial charge >= 0.3 is 0 Å². The van der Waals surface area contributed by atoms with Crippen LogP contribution in [-0.4, -0.2) is 48.2 Å². The van der Waals surface area contributed by atoms with Crippen LogP contribution in [0.1, 0.15) is 28.0 Å². The topological polar surface area (TPSA) is 96.4 Å². The van der Waals surface area contributed by atoms with Gasteiger partial charge in [-0.1, -0.05) is 24.3 Å². The average Bonchev–Trinajstić information content (AvgIpc) is 2.97. The van der Waals surface area contributed by atoms with E-state index in [-0.39, 0.29) is 30.5 Å². The molecule has 2 aromatic rings. The van der Waals surface area contributed by atoms with Crippen LogP contribution in [0.5, 0.6) is 0 Å². The molecule has 3 rings (SSSR count). The maximum Gasteiger partial charge on any atom is 0.255 e. The molecule has 27 heavy (non-hydrogen) atoms. The van der Waals surface area contributed by atoms with Crippen LogP contribution in [0.3, 0.4) is 0 Å². The number of nitrogens with one attached hydrogen (secondary N) is 1. The molecule has 0 saturated heterocycles. The maximum atomic E-state index is 12.8. The van der Waals surface area contributed by atoms with Crippen molar-refractivity contribution in [3.05, 3.63) is 65.5 Å². The van der Waals surface area contributed by atoms with Gasteiger partial charge in [-0.05, 0) is 30.2 Å². The van der Waals surface area contributed by atoms with Gasteiger partial charge in [0, 0.05) is 24.6 Å². The minimum atomic E-state index is -3.26. The lowest BCUT2D eigenvalue weighted by Crippen LogP contribution is -2.47. The van der Waals surface area contributed by atoms with Crippen molar-refractivity contribution < 1.29 is 18.0 Å². The second-order valence-corrected chi connectivity index (χ2v) is 8.82. The zero-order valence-corrected chi connectivity index (χ0v) is 15.8. The van der Waals surface area contributed by atoms with Crippen molar-refractivity contribution in [3.8, 4) is 0 Å². The summed E-state index contributed by atoms with van der Waals surface area (Å²) >= 11 is 0. The summed E-state index contributed by atoms with van der Waals surface area (Å²) in [5.41, 5.74) is 2.08. The highest BCUT2D eigenvalue weighted by molar-refractivity contribution is 7.90. The number of hydrogen-bond acceptors (Lipinski definition) is 5. The van der Waals surface area contributed by atoms with Gasteiger partial charge in [0.2, 0.25) is 5.91 Å². The molecule has 7 nitrogen and oxygen atoms in total. The molecule has 1 aliphatic rings. The van der Waals surface area contributed by atoms with E-state index in [9.17, 15) is 18.0 Å². The third-order valence-electron chi connectivity index (χ3n) is 4.46. The van der Waals surface area contributed by atoms with E-state index in [2.05, 4.69) is 10.3 Å². The van der Waals surface area contributed by atoms with Crippen molar-refractivity contribution in [1.29, 1.82) is 0 Å². The quantitative estimate of drug-likeness (QED) is 0.769. The molecule has 1 atom stereocenters. The van der Waals surface area contributed by atoms with Gasteiger partial charge in [0.1, 0.15) is 15.9 Å². The molecule has 0 fully saturated rings. The third-order valence-corrected chi connectivity index (χ3v) is 5.44. The van der Waals surface area contributed by atoms with Gasteiger partial charge in [-0.3, -0.25) is 14.6 Å². The molecule has 142 valence electrons. The van der Waals surface area contributed by atoms with E-state index in [1.54, 1.807) is 30.5 Å². The first-order valence-corrected chi connectivity index (χ1v) is 10.7. The molecular formula is C19H21N3O4S. The number of aromatic nitrogens is 1. The lowest BCUT2D eigenvalue weighted by atomic mass is 10.1. The van der Waals surface area contributed by atoms with Crippen LogP contribution in [0, 0.1) is 0 Å². The Morgan fingerprint density at radius 1 is 1.22 bits per heavy atom. The summed E-state index contributed by atoms with van der Waals surface area (Å²) in [5, 5.41) is 2.77. The molecule has 2 heterocycles. The monoisotopic (exact) mass is 387 g/mol. The lowest BCUT2D eigenvalue weighted by molar-refractivity contribution is -0.126. The highest BCUT2D eigenvalue weighted by Gasteiger charge is 2.36. The number of carbonyl (C=O) groups excluding carboxylic acids is 2. The number of fused-ring (bicyclic) bond motifs is 1. The Labute approximate surface area is 158 Å². The van der Waals surface area contributed by atoms with Gasteiger partial charge in [0.25, 0.3) is 5.91 Å². The summed E-state index contributed by atoms with van der Waals surface area (Å²) in [6.45, 7) is 0.504. The summed E-state index contributed by atoms with van der Waals surface area (Å²) in [6.07, 6.45) is 2.80. The van der Waals surface area contributed by atoms with Crippen LogP contribution in [-0.2, 0) is 27.7 Å². The van der Waals surface area contributed by atoms with Crippen LogP contribution in [0.25, 0.3) is 0 Å². The van der Waals surface area contributed by atoms with E-state index in [0.717, 1.165) is 11.8 Å². The van der Waals surface area contributed by atoms with Crippen LogP contribution in [0.15, 0.2) is 48.7 Å². The predicted molar refractivity (Wildman–Crippen MR) is 101 cm³/mol. The molecule has 1 aliphatic heterocycles. The zero-order valence-electron chi connectivity index (χ0n) is 15.0. The van der Waals surface area contributed by atoms with Crippen molar-refractivity contribution in [2.75, 3.05) is 12.0 Å². The van der Waals surface area contributed by atoms with E-state index in [4.69, 9.17) is 0 Å². The fourth-order valence-corrected chi connectivity index (χ4v) is 3.73. The van der Waals surface area contributed by atoms with Crippen LogP contribution in [0.2, 0.25) is 0 Å². The lowest BCUT2D eigenvalue weighted by Gasteiger charge is -2.26. The number of hydrogen-bond donors (Lipinski definition) is 1. The van der Waals surface area contributed by atoms with Crippen LogP contribution in [0.4, 0.5) is 0 Å². The molecule has 2 amide bonds. The third kappa shape index (κ3) is 4.71. The van der Waals surface area contributed by atoms with Gasteiger partial charge in [-0.2, -0.15) is 0 Å². The summed E-state index contributed by atoms with van der Waals surface area (Å²) in [5.74, 6) is -0.808. The molecule has 0 bridgehead atoms. The maximum absolute atomic E-state index is 12.8. The number of carbonyl (C=O) groups is 2. The van der Waals surface area contributed by atoms with E-state index in [1.165, 1.54) is 4.90 Å². The fraction of sp³-hybridized carbons (Fsp3) is 0.316. The van der Waals surface area contributed by atoms with Crippen molar-refractivity contribution >= 4 is 21.7 Å². The van der Waals surface area contributed by atoms with E-state index >= 15 is 0 Å². The number of benzene rings is 1. The SMILES string of the molecule is CS(=O)(=O)CC[C@@H](C(=O)NCc1ccccn1)N1Cc2ccccc2C1=O. The molecular weight excluding hydrogens is 366 g/mol. The Hall–Kier alpha value is -2.74. The van der Waals surface area contributed by atoms with Crippen LogP contribution < -0.4 is 5.32 Å². The minimum absolute atomic E-state index is 0.0482. The Morgan fingerprint density at radius 2 is 1.96 bits per heavy atom. The molecule has 0 aliphatic carbocycles. The van der Waals surface area contributed by atoms with E-state index in [0.29, 0.717) is 17.8 Å². The van der Waals surface area contributed by atoms with Gasteiger partial charge in [-0.25, -0.2) is 8.42 Å². The van der Waals surface area contributed by atoms with E-state index < -0.39 is 15.9 Å². The molecule has 1 aromatic heterocycles. The van der Waals surface area contributed by atoms with Crippen molar-refractivity contribution in [3.63, 3.8) is 0 Å². The normalized spacial score (nSPS) is 14.7. The number of nitrogens with zero attached hydrogens (tertiary/aromatic N) is 2. The van der Waals surface area contributed by atoms with Gasteiger partial charge in [0.05, 0.1) is 18.0 Å². The molecule has 1 N–H and O–H groups in total. The van der Waals surface area contributed by atoms with Crippen LogP contribution >= 0.6 is 0 Å². The largest absolute Gasteiger partial charge is 0.349 e. The first-order chi connectivity index (χ1) is 12.8. The van der Waals surface area contributed by atoms with Crippen molar-refractivity contribution in [1.82, 2.24) is 15.2 Å². The number of amides is 2. The highest BCUT2D eigenvalue weighted by atomic mass is 32.2. The van der Waals surface area contributed by atoms with Gasteiger partial charge in [0.15, 0.2) is 0 Å². The smallest absolute Gasteiger partial charge is 0.255 e. The predicted octanol–water partition coefficient (Wildman–Crippen LogP) is 1.16. The van der Waals surface area contributed by atoms with Gasteiger partial charge in [-0.15, -0.1) is 0 Å². The molecule has 1 aromatic carbocycles. The average molecular weight is 387 g/mol. The molecule has 0 spiro atoms. The number of rotatable bonds is 7. The minimum Gasteiger partial charge on any atom is -0.349 e. The first-order valence-electron chi connectivity index (χ1n) is 8.59. The number of pyridine rings is 1. The molecule has 0 radical (unpaired) electrons. The summed E-state index contributed by atoms with van der Waals surface area (Å²) < 4.78 is 23.2. The molecule has 0 unspecified atom stereocenters. The molecule has 8 heteroatoms. The zero-order chi connectivity index (χ0) is 19.4. The highest BCUT2D eigenvalue weighted by Crippen LogP contribution is 2.25. The summed E-state index contributed by atoms with van der Waals surface area (Å²) in [6, 6.07) is 11.7. The Kier molecular flexibility index (Phi) is 5.55. The second-order valence-electron chi connectivity index (χ2n) is 6.56. The Morgan fingerprint density at radius 3 is 2.63 bits per heavy atom. The van der Waals surface area contributed by atoms with Crippen molar-refractivity contribution in [2.45, 2.75) is 25.6 Å². The Bertz CT molecular complexity index is 944. The standard InChI is InChI=1S/C19H21N3O4S/c1-27(25,26)11-9-17(18(23)21-12-15-7-4-5-10-20-15)22-13-14-6-2-3-8-16(14)19(22)24/h2-8,10,17H,9,11-13H2,1H3,(H,21,23)/t17-/m0/s1. The summed E-state index contributed by atoms with van der Waals surface area (Å²) in [7, 11) is -3.26. The Balaban J connectivity index is 1.77. The molecule has 0 saturated carbocycles. The first kappa shape index (κ1) is 19.0. The van der Waals surface area contributed by atoms with E-state index in [1.807, 2.05) is 18.2 Å². The number of sulfone groups is 1. The van der Waals surface area contributed by atoms with Crippen molar-refractivity contribution in [2.24, 2.45) is 0 Å². The van der Waals surface area contributed by atoms with Gasteiger partial charge < -0.3 is 10.2 Å². The second kappa shape index (κ2) is 7.87.